The minimum atomic E-state index is -4.15. The summed E-state index contributed by atoms with van der Waals surface area (Å²) in [5.41, 5.74) is 1.63. The predicted octanol–water partition coefficient (Wildman–Crippen LogP) is 3.95. The first-order chi connectivity index (χ1) is 13.5. The summed E-state index contributed by atoms with van der Waals surface area (Å²) < 4.78 is 18.0. The number of ketones is 1. The van der Waals surface area contributed by atoms with E-state index >= 15 is 0 Å². The Hall–Kier alpha value is -0.547. The summed E-state index contributed by atoms with van der Waals surface area (Å²) in [6.07, 6.45) is -0.222. The Balaban J connectivity index is 1.73. The molecule has 5 nitrogen and oxygen atoms in total. The fourth-order valence-corrected chi connectivity index (χ4v) is 12.5. The second-order valence-electron chi connectivity index (χ2n) is 6.84. The molecule has 0 saturated carbocycles. The second kappa shape index (κ2) is 8.67. The Labute approximate surface area is 185 Å². The number of nitrogens with zero attached hydrogens (tertiary/aromatic N) is 1. The number of halogens is 2. The van der Waals surface area contributed by atoms with Crippen LogP contribution in [0, 0.1) is 0 Å². The molecule has 0 aromatic heterocycles. The molecule has 0 spiro atoms. The molecule has 3 saturated heterocycles. The van der Waals surface area contributed by atoms with Crippen LogP contribution >= 0.6 is 31.9 Å². The normalized spacial score (nSPS) is 28.2. The average molecular weight is 572 g/mol. The molecule has 3 aliphatic heterocycles. The summed E-state index contributed by atoms with van der Waals surface area (Å²) in [5.74, 6) is -0.141. The molecule has 0 N–H and O–H groups in total. The molecule has 2 bridgehead atoms. The molecule has 0 aliphatic carbocycles. The van der Waals surface area contributed by atoms with Crippen molar-refractivity contribution in [1.82, 2.24) is 4.90 Å². The number of rotatable bonds is 4. The topological polar surface area (TPSA) is 48.0 Å². The van der Waals surface area contributed by atoms with E-state index in [1.807, 2.05) is 48.5 Å². The van der Waals surface area contributed by atoms with Crippen molar-refractivity contribution >= 4 is 51.9 Å². The Kier molecular flexibility index (Phi) is 6.42. The Morgan fingerprint density at radius 2 is 1.54 bits per heavy atom. The first-order valence-corrected chi connectivity index (χ1v) is 14.4. The standard InChI is InChI=1S/C20H21Br2GeNO4/c21-20(22,19(25)17-9-5-2-6-10-17)23-26-13-11-24(12-14-27-23)15-18(28-23)16-7-3-1-4-8-16/h1-10,18H,11-15H2. The van der Waals surface area contributed by atoms with Gasteiger partial charge >= 0.3 is 186 Å². The molecule has 3 fully saturated rings. The van der Waals surface area contributed by atoms with Gasteiger partial charge in [0, 0.05) is 0 Å². The Bertz CT molecular complexity index is 811. The van der Waals surface area contributed by atoms with E-state index in [1.165, 1.54) is 0 Å². The van der Waals surface area contributed by atoms with Gasteiger partial charge in [0.1, 0.15) is 0 Å². The molecule has 0 radical (unpaired) electrons. The number of carbonyl (C=O) groups excluding carboxylic acids is 1. The van der Waals surface area contributed by atoms with Crippen LogP contribution in [0.5, 0.6) is 0 Å². The van der Waals surface area contributed by atoms with Gasteiger partial charge in [-0.15, -0.1) is 0 Å². The zero-order valence-corrected chi connectivity index (χ0v) is 20.5. The van der Waals surface area contributed by atoms with Gasteiger partial charge in [-0.05, 0) is 0 Å². The van der Waals surface area contributed by atoms with Crippen molar-refractivity contribution in [3.63, 3.8) is 0 Å². The van der Waals surface area contributed by atoms with Crippen molar-refractivity contribution in [2.45, 2.75) is 8.17 Å². The molecular weight excluding hydrogens is 551 g/mol. The summed E-state index contributed by atoms with van der Waals surface area (Å²) in [6, 6.07) is 19.2. The molecule has 0 amide bonds. The van der Waals surface area contributed by atoms with Gasteiger partial charge in [-0.25, -0.2) is 0 Å². The number of carbonyl (C=O) groups is 1. The third-order valence-electron chi connectivity index (χ3n) is 5.00. The van der Waals surface area contributed by atoms with Crippen LogP contribution in [0.15, 0.2) is 60.7 Å². The van der Waals surface area contributed by atoms with Crippen LogP contribution < -0.4 is 0 Å². The van der Waals surface area contributed by atoms with E-state index in [4.69, 9.17) is 11.3 Å². The van der Waals surface area contributed by atoms with Gasteiger partial charge in [0.05, 0.1) is 0 Å². The maximum absolute atomic E-state index is 13.4. The molecule has 1 atom stereocenters. The van der Waals surface area contributed by atoms with Crippen molar-refractivity contribution in [3.05, 3.63) is 71.8 Å². The van der Waals surface area contributed by atoms with Gasteiger partial charge in [0.25, 0.3) is 0 Å². The van der Waals surface area contributed by atoms with Crippen LogP contribution in [0.2, 0.25) is 0 Å². The summed E-state index contributed by atoms with van der Waals surface area (Å²) in [5, 5.41) is 0. The monoisotopic (exact) mass is 571 g/mol. The van der Waals surface area contributed by atoms with Crippen molar-refractivity contribution < 1.29 is 16.1 Å². The van der Waals surface area contributed by atoms with E-state index < -0.39 is 16.3 Å². The number of benzene rings is 2. The molecular formula is C20H21Br2GeNO4. The third kappa shape index (κ3) is 4.03. The first-order valence-electron chi connectivity index (χ1n) is 9.22. The predicted molar refractivity (Wildman–Crippen MR) is 116 cm³/mol. The van der Waals surface area contributed by atoms with Gasteiger partial charge in [0.15, 0.2) is 0 Å². The SMILES string of the molecule is O=C(c1ccccc1)[C](Br)(Br)[Ge]12[O]CCN(CC[O]1)CC(c1ccccc1)[O]2. The van der Waals surface area contributed by atoms with E-state index in [-0.39, 0.29) is 11.9 Å². The average Bonchev–Trinajstić information content (AvgIpc) is 2.67. The number of alkyl halides is 2. The molecule has 5 rings (SSSR count). The van der Waals surface area contributed by atoms with Gasteiger partial charge in [-0.2, -0.15) is 0 Å². The van der Waals surface area contributed by atoms with Crippen LogP contribution in [0.25, 0.3) is 0 Å². The first kappa shape index (κ1) is 20.7. The van der Waals surface area contributed by atoms with Crippen LogP contribution in [0.4, 0.5) is 0 Å². The molecule has 3 heterocycles. The molecule has 28 heavy (non-hydrogen) atoms. The molecule has 148 valence electrons. The van der Waals surface area contributed by atoms with Crippen LogP contribution in [0.1, 0.15) is 22.0 Å². The molecule has 2 aromatic carbocycles. The van der Waals surface area contributed by atoms with E-state index in [1.54, 1.807) is 12.1 Å². The Morgan fingerprint density at radius 1 is 0.964 bits per heavy atom. The number of hydrogen-bond donors (Lipinski definition) is 0. The van der Waals surface area contributed by atoms with Gasteiger partial charge in [-0.3, -0.25) is 0 Å². The molecule has 3 aliphatic rings. The van der Waals surface area contributed by atoms with Gasteiger partial charge in [0.2, 0.25) is 0 Å². The molecule has 8 heteroatoms. The summed E-state index contributed by atoms with van der Waals surface area (Å²) in [4.78, 5) is 15.7. The maximum atomic E-state index is 13.4. The number of hydrogen-bond acceptors (Lipinski definition) is 5. The van der Waals surface area contributed by atoms with Crippen molar-refractivity contribution in [2.75, 3.05) is 32.8 Å². The zero-order chi connectivity index (χ0) is 19.6. The van der Waals surface area contributed by atoms with E-state index in [9.17, 15) is 4.79 Å². The van der Waals surface area contributed by atoms with Gasteiger partial charge in [-0.1, -0.05) is 0 Å². The van der Waals surface area contributed by atoms with E-state index in [0.717, 1.165) is 25.2 Å². The quantitative estimate of drug-likeness (QED) is 0.316. The van der Waals surface area contributed by atoms with Crippen LogP contribution in [-0.4, -0.2) is 59.9 Å². The van der Waals surface area contributed by atoms with Gasteiger partial charge < -0.3 is 0 Å². The number of Topliss-reactive ketones (excluding diaryl/α,β-unsaturated/α-hetero) is 1. The zero-order valence-electron chi connectivity index (χ0n) is 15.2. The molecule has 2 aromatic rings. The van der Waals surface area contributed by atoms with E-state index in [2.05, 4.69) is 36.8 Å². The fraction of sp³-hybridized carbons (Fsp3) is 0.350. The van der Waals surface area contributed by atoms with Crippen LogP contribution in [0.3, 0.4) is 0 Å². The fourth-order valence-electron chi connectivity index (χ4n) is 3.49. The molecule has 1 unspecified atom stereocenters. The number of fused-ring (bicyclic) bond motifs is 6. The van der Waals surface area contributed by atoms with Crippen molar-refractivity contribution in [1.29, 1.82) is 0 Å². The third-order valence-corrected chi connectivity index (χ3v) is 16.6. The summed E-state index contributed by atoms with van der Waals surface area (Å²) in [6.45, 7) is 3.28. The van der Waals surface area contributed by atoms with Crippen LogP contribution in [-0.2, 0) is 11.3 Å². The second-order valence-corrected chi connectivity index (χ2v) is 19.0. The van der Waals surface area contributed by atoms with E-state index in [0.29, 0.717) is 18.8 Å². The van der Waals surface area contributed by atoms with Crippen molar-refractivity contribution in [2.24, 2.45) is 0 Å². The Morgan fingerprint density at radius 3 is 2.14 bits per heavy atom. The minimum absolute atomic E-state index is 0.141. The summed E-state index contributed by atoms with van der Waals surface area (Å²) in [7, 11) is 0. The van der Waals surface area contributed by atoms with Crippen molar-refractivity contribution in [3.8, 4) is 0 Å². The summed E-state index contributed by atoms with van der Waals surface area (Å²) >= 11 is 3.14.